The number of hydrogen-bond donors (Lipinski definition) is 0. The fraction of sp³-hybridized carbons (Fsp3) is 0.263. The molecule has 3 rings (SSSR count). The van der Waals surface area contributed by atoms with Gasteiger partial charge in [-0.1, -0.05) is 0 Å². The molecule has 1 aromatic heterocycles. The molecule has 0 saturated heterocycles. The van der Waals surface area contributed by atoms with Gasteiger partial charge in [0, 0.05) is 17.0 Å². The van der Waals surface area contributed by atoms with Crippen LogP contribution in [0, 0.1) is 6.92 Å². The number of carbonyl (C=O) groups excluding carboxylic acids is 2. The van der Waals surface area contributed by atoms with Gasteiger partial charge in [0.15, 0.2) is 12.4 Å². The Bertz CT molecular complexity index is 847. The minimum Gasteiger partial charge on any atom is -0.482 e. The summed E-state index contributed by atoms with van der Waals surface area (Å²) in [6, 6.07) is 6.88. The summed E-state index contributed by atoms with van der Waals surface area (Å²) in [4.78, 5) is 25.0. The number of hydrogen-bond acceptors (Lipinski definition) is 6. The highest BCUT2D eigenvalue weighted by Gasteiger charge is 2.28. The van der Waals surface area contributed by atoms with Gasteiger partial charge in [-0.2, -0.15) is 0 Å². The first kappa shape index (κ1) is 17.2. The summed E-state index contributed by atoms with van der Waals surface area (Å²) in [6.07, 6.45) is 1.56. The van der Waals surface area contributed by atoms with Crippen molar-refractivity contribution in [1.82, 2.24) is 0 Å². The first-order valence-corrected chi connectivity index (χ1v) is 8.76. The predicted octanol–water partition coefficient (Wildman–Crippen LogP) is 4.00. The molecule has 0 aliphatic carbocycles. The second-order valence-electron chi connectivity index (χ2n) is 5.89. The van der Waals surface area contributed by atoms with Gasteiger partial charge in [0.05, 0.1) is 11.7 Å². The van der Waals surface area contributed by atoms with E-state index in [1.165, 1.54) is 0 Å². The van der Waals surface area contributed by atoms with Crippen molar-refractivity contribution in [3.05, 3.63) is 51.4 Å². The van der Waals surface area contributed by atoms with Crippen molar-refractivity contribution >= 4 is 29.2 Å². The molecule has 0 amide bonds. The second kappa shape index (κ2) is 7.11. The maximum Gasteiger partial charge on any atom is 0.344 e. The number of Topliss-reactive ketones (excluding diaryl/α,β-unsaturated/α-hetero) is 1. The normalized spacial score (nSPS) is 14.6. The van der Waals surface area contributed by atoms with Crippen LogP contribution in [-0.4, -0.2) is 24.5 Å². The first-order chi connectivity index (χ1) is 11.9. The average molecular weight is 358 g/mol. The summed E-state index contributed by atoms with van der Waals surface area (Å²) in [5.74, 6) is 0.563. The molecule has 2 aromatic rings. The summed E-state index contributed by atoms with van der Waals surface area (Å²) in [5, 5.41) is 1.97. The summed E-state index contributed by atoms with van der Waals surface area (Å²) in [7, 11) is 0. The van der Waals surface area contributed by atoms with E-state index >= 15 is 0 Å². The molecule has 1 aliphatic rings. The zero-order valence-corrected chi connectivity index (χ0v) is 15.0. The van der Waals surface area contributed by atoms with Crippen LogP contribution in [0.25, 0.3) is 6.08 Å². The standard InChI is InChI=1S/C19H18O5S/c1-11(2)23-18(20)10-22-13-4-5-14-15(8-13)24-16(19(14)21)9-17-12(3)6-7-25-17/h4-9,11H,10H2,1-3H3/b16-9-. The molecular weight excluding hydrogens is 340 g/mol. The number of carbonyl (C=O) groups is 2. The lowest BCUT2D eigenvalue weighted by molar-refractivity contribution is -0.149. The topological polar surface area (TPSA) is 61.8 Å². The van der Waals surface area contributed by atoms with Gasteiger partial charge < -0.3 is 14.2 Å². The van der Waals surface area contributed by atoms with Gasteiger partial charge in [0.2, 0.25) is 5.78 Å². The fourth-order valence-corrected chi connectivity index (χ4v) is 3.20. The van der Waals surface area contributed by atoms with Gasteiger partial charge in [0.1, 0.15) is 11.5 Å². The van der Waals surface area contributed by atoms with Crippen LogP contribution >= 0.6 is 11.3 Å². The molecule has 25 heavy (non-hydrogen) atoms. The Morgan fingerprint density at radius 1 is 1.32 bits per heavy atom. The zero-order valence-electron chi connectivity index (χ0n) is 14.2. The van der Waals surface area contributed by atoms with Gasteiger partial charge >= 0.3 is 5.97 Å². The van der Waals surface area contributed by atoms with Crippen LogP contribution in [0.4, 0.5) is 0 Å². The van der Waals surface area contributed by atoms with Crippen molar-refractivity contribution in [3.8, 4) is 11.5 Å². The van der Waals surface area contributed by atoms with E-state index in [0.717, 1.165) is 10.4 Å². The number of thiophene rings is 1. The Labute approximate surface area is 149 Å². The third kappa shape index (κ3) is 3.91. The molecule has 0 spiro atoms. The number of ketones is 1. The second-order valence-corrected chi connectivity index (χ2v) is 6.84. The number of esters is 1. The molecule has 0 fully saturated rings. The number of allylic oxidation sites excluding steroid dienone is 1. The highest BCUT2D eigenvalue weighted by Crippen LogP contribution is 2.35. The van der Waals surface area contributed by atoms with E-state index in [1.807, 2.05) is 18.4 Å². The minimum atomic E-state index is -0.443. The lowest BCUT2D eigenvalue weighted by atomic mass is 10.1. The van der Waals surface area contributed by atoms with Crippen molar-refractivity contribution in [2.45, 2.75) is 26.9 Å². The Morgan fingerprint density at radius 3 is 2.80 bits per heavy atom. The molecule has 1 aliphatic heterocycles. The van der Waals surface area contributed by atoms with Crippen molar-refractivity contribution in [3.63, 3.8) is 0 Å². The van der Waals surface area contributed by atoms with Crippen molar-refractivity contribution in [2.24, 2.45) is 0 Å². The van der Waals surface area contributed by atoms with Crippen molar-refractivity contribution in [2.75, 3.05) is 6.61 Å². The smallest absolute Gasteiger partial charge is 0.344 e. The van der Waals surface area contributed by atoms with Gasteiger partial charge in [-0.25, -0.2) is 4.79 Å². The van der Waals surface area contributed by atoms with Gasteiger partial charge in [-0.15, -0.1) is 11.3 Å². The molecule has 2 heterocycles. The van der Waals surface area contributed by atoms with Crippen LogP contribution in [0.3, 0.4) is 0 Å². The molecular formula is C19H18O5S. The predicted molar refractivity (Wildman–Crippen MR) is 95.2 cm³/mol. The van der Waals surface area contributed by atoms with Crippen LogP contribution in [-0.2, 0) is 9.53 Å². The Kier molecular flexibility index (Phi) is 4.90. The van der Waals surface area contributed by atoms with Crippen LogP contribution in [0.1, 0.15) is 34.6 Å². The third-order valence-corrected chi connectivity index (χ3v) is 4.50. The highest BCUT2D eigenvalue weighted by molar-refractivity contribution is 7.11. The third-order valence-electron chi connectivity index (χ3n) is 3.53. The summed E-state index contributed by atoms with van der Waals surface area (Å²) < 4.78 is 16.1. The molecule has 0 unspecified atom stereocenters. The SMILES string of the molecule is Cc1ccsc1/C=C1\Oc2cc(OCC(=O)OC(C)C)ccc2C1=O. The molecule has 0 radical (unpaired) electrons. The molecule has 0 N–H and O–H groups in total. The summed E-state index contributed by atoms with van der Waals surface area (Å²) in [5.41, 5.74) is 1.58. The van der Waals surface area contributed by atoms with Crippen LogP contribution in [0.2, 0.25) is 0 Å². The number of benzene rings is 1. The number of aryl methyl sites for hydroxylation is 1. The van der Waals surface area contributed by atoms with E-state index in [9.17, 15) is 9.59 Å². The van der Waals surface area contributed by atoms with Gasteiger partial charge in [-0.05, 0) is 49.9 Å². The minimum absolute atomic E-state index is 0.159. The van der Waals surface area contributed by atoms with Crippen molar-refractivity contribution < 1.29 is 23.8 Å². The van der Waals surface area contributed by atoms with Gasteiger partial charge in [0.25, 0.3) is 0 Å². The monoisotopic (exact) mass is 358 g/mol. The number of rotatable bonds is 5. The van der Waals surface area contributed by atoms with E-state index in [4.69, 9.17) is 14.2 Å². The van der Waals surface area contributed by atoms with E-state index in [1.54, 1.807) is 49.5 Å². The van der Waals surface area contributed by atoms with Crippen LogP contribution in [0.5, 0.6) is 11.5 Å². The Morgan fingerprint density at radius 2 is 2.12 bits per heavy atom. The Hall–Kier alpha value is -2.60. The lowest BCUT2D eigenvalue weighted by Gasteiger charge is -2.09. The zero-order chi connectivity index (χ0) is 18.0. The van der Waals surface area contributed by atoms with Gasteiger partial charge in [-0.3, -0.25) is 4.79 Å². The molecule has 6 heteroatoms. The van der Waals surface area contributed by atoms with E-state index in [2.05, 4.69) is 0 Å². The molecule has 5 nitrogen and oxygen atoms in total. The Balaban J connectivity index is 1.72. The molecule has 0 bridgehead atoms. The van der Waals surface area contributed by atoms with Crippen molar-refractivity contribution in [1.29, 1.82) is 0 Å². The number of ether oxygens (including phenoxy) is 3. The van der Waals surface area contributed by atoms with E-state index < -0.39 is 5.97 Å². The van der Waals surface area contributed by atoms with Crippen LogP contribution in [0.15, 0.2) is 35.4 Å². The highest BCUT2D eigenvalue weighted by atomic mass is 32.1. The number of fused-ring (bicyclic) bond motifs is 1. The quantitative estimate of drug-likeness (QED) is 0.597. The first-order valence-electron chi connectivity index (χ1n) is 7.88. The largest absolute Gasteiger partial charge is 0.482 e. The molecule has 0 saturated carbocycles. The van der Waals surface area contributed by atoms with Crippen LogP contribution < -0.4 is 9.47 Å². The lowest BCUT2D eigenvalue weighted by Crippen LogP contribution is -2.18. The van der Waals surface area contributed by atoms with E-state index in [0.29, 0.717) is 17.1 Å². The summed E-state index contributed by atoms with van der Waals surface area (Å²) >= 11 is 1.55. The fourth-order valence-electron chi connectivity index (χ4n) is 2.35. The van der Waals surface area contributed by atoms with E-state index in [-0.39, 0.29) is 24.3 Å². The summed E-state index contributed by atoms with van der Waals surface area (Å²) in [6.45, 7) is 5.34. The molecule has 130 valence electrons. The average Bonchev–Trinajstić information content (AvgIpc) is 3.09. The maximum atomic E-state index is 12.4. The molecule has 1 aromatic carbocycles. The molecule has 0 atom stereocenters. The maximum absolute atomic E-state index is 12.4.